The number of fused-ring (bicyclic) bond motifs is 5. The van der Waals surface area contributed by atoms with Crippen molar-refractivity contribution in [2.45, 2.75) is 0 Å². The van der Waals surface area contributed by atoms with Gasteiger partial charge in [-0.2, -0.15) is 0 Å². The molecule has 0 amide bonds. The van der Waals surface area contributed by atoms with E-state index in [1.165, 1.54) is 87.6 Å². The molecule has 0 bridgehead atoms. The highest BCUT2D eigenvalue weighted by Gasteiger charge is 2.12. The van der Waals surface area contributed by atoms with E-state index in [1.54, 1.807) is 0 Å². The lowest BCUT2D eigenvalue weighted by atomic mass is 9.90. The summed E-state index contributed by atoms with van der Waals surface area (Å²) in [6, 6.07) is 66.5. The van der Waals surface area contributed by atoms with Crippen LogP contribution in [0.2, 0.25) is 0 Å². The van der Waals surface area contributed by atoms with E-state index in [0.717, 1.165) is 0 Å². The maximum absolute atomic E-state index is 2.29. The number of benzene rings is 9. The Morgan fingerprint density at radius 3 is 1.09 bits per heavy atom. The Bertz CT molecular complexity index is 2550. The highest BCUT2D eigenvalue weighted by Crippen LogP contribution is 2.39. The Morgan fingerprint density at radius 2 is 0.522 bits per heavy atom. The molecule has 46 heavy (non-hydrogen) atoms. The van der Waals surface area contributed by atoms with Crippen LogP contribution < -0.4 is 0 Å². The molecule has 9 aromatic rings. The standard InChI is InChI=1S/C46H30/c1-3-12-37-31(9-1)11-7-16-38(37)33-19-23-35(24-20-33)41-29-30-42(44-15-6-5-14-43(41)44)36-25-21-34(22-26-36)40-17-8-18-45-39-13-4-2-10-32(39)27-28-46(40)45/h1-30H. The van der Waals surface area contributed by atoms with Gasteiger partial charge in [-0.15, -0.1) is 0 Å². The Hall–Kier alpha value is -5.98. The second kappa shape index (κ2) is 10.9. The molecule has 0 aliphatic heterocycles. The smallest absolute Gasteiger partial charge is 0.00990 e. The molecule has 0 aliphatic rings. The molecule has 0 N–H and O–H groups in total. The summed E-state index contributed by atoms with van der Waals surface area (Å²) in [5.74, 6) is 0. The van der Waals surface area contributed by atoms with Crippen LogP contribution in [0, 0.1) is 0 Å². The summed E-state index contributed by atoms with van der Waals surface area (Å²) in [6.07, 6.45) is 0. The second-order valence-electron chi connectivity index (χ2n) is 12.1. The molecule has 0 saturated heterocycles. The van der Waals surface area contributed by atoms with Gasteiger partial charge < -0.3 is 0 Å². The van der Waals surface area contributed by atoms with Crippen LogP contribution in [0.5, 0.6) is 0 Å². The summed E-state index contributed by atoms with van der Waals surface area (Å²) in [7, 11) is 0. The zero-order chi connectivity index (χ0) is 30.5. The van der Waals surface area contributed by atoms with Gasteiger partial charge in [-0.05, 0) is 87.6 Å². The molecule has 0 fully saturated rings. The first-order valence-electron chi connectivity index (χ1n) is 15.9. The number of hydrogen-bond donors (Lipinski definition) is 0. The quantitative estimate of drug-likeness (QED) is 0.181. The fourth-order valence-corrected chi connectivity index (χ4v) is 7.23. The number of hydrogen-bond acceptors (Lipinski definition) is 0. The molecular formula is C46H30. The Kier molecular flexibility index (Phi) is 6.25. The highest BCUT2D eigenvalue weighted by molar-refractivity contribution is 6.12. The molecule has 9 aromatic carbocycles. The summed E-state index contributed by atoms with van der Waals surface area (Å²) >= 11 is 0. The molecule has 0 unspecified atom stereocenters. The zero-order valence-electron chi connectivity index (χ0n) is 25.3. The molecule has 0 heterocycles. The van der Waals surface area contributed by atoms with Crippen LogP contribution in [0.15, 0.2) is 182 Å². The predicted molar refractivity (Wildman–Crippen MR) is 198 cm³/mol. The topological polar surface area (TPSA) is 0 Å². The summed E-state index contributed by atoms with van der Waals surface area (Å²) < 4.78 is 0. The lowest BCUT2D eigenvalue weighted by Crippen LogP contribution is -1.88. The van der Waals surface area contributed by atoms with Gasteiger partial charge in [-0.1, -0.05) is 182 Å². The molecule has 0 aliphatic carbocycles. The van der Waals surface area contributed by atoms with Crippen molar-refractivity contribution < 1.29 is 0 Å². The maximum atomic E-state index is 2.29. The van der Waals surface area contributed by atoms with E-state index < -0.39 is 0 Å². The van der Waals surface area contributed by atoms with Crippen molar-refractivity contribution in [2.24, 2.45) is 0 Å². The van der Waals surface area contributed by atoms with Crippen LogP contribution in [-0.2, 0) is 0 Å². The van der Waals surface area contributed by atoms with Crippen molar-refractivity contribution in [1.82, 2.24) is 0 Å². The molecule has 0 nitrogen and oxygen atoms in total. The Balaban J connectivity index is 1.08. The molecule has 0 spiro atoms. The first-order valence-corrected chi connectivity index (χ1v) is 15.9. The average Bonchev–Trinajstić information content (AvgIpc) is 3.14. The third-order valence-electron chi connectivity index (χ3n) is 9.51. The van der Waals surface area contributed by atoms with Crippen LogP contribution in [0.4, 0.5) is 0 Å². The number of rotatable bonds is 4. The van der Waals surface area contributed by atoms with Crippen LogP contribution >= 0.6 is 0 Å². The van der Waals surface area contributed by atoms with E-state index in [2.05, 4.69) is 182 Å². The minimum absolute atomic E-state index is 1.23. The van der Waals surface area contributed by atoms with E-state index >= 15 is 0 Å². The van der Waals surface area contributed by atoms with Gasteiger partial charge in [0.05, 0.1) is 0 Å². The van der Waals surface area contributed by atoms with Gasteiger partial charge in [0.2, 0.25) is 0 Å². The third kappa shape index (κ3) is 4.38. The minimum Gasteiger partial charge on any atom is -0.0616 e. The van der Waals surface area contributed by atoms with Crippen LogP contribution in [0.25, 0.3) is 87.6 Å². The molecule has 0 saturated carbocycles. The van der Waals surface area contributed by atoms with Crippen LogP contribution in [0.3, 0.4) is 0 Å². The van der Waals surface area contributed by atoms with Crippen molar-refractivity contribution in [3.05, 3.63) is 182 Å². The molecule has 0 atom stereocenters. The van der Waals surface area contributed by atoms with Crippen molar-refractivity contribution >= 4 is 43.1 Å². The first kappa shape index (κ1) is 26.4. The molecule has 9 rings (SSSR count). The summed E-state index contributed by atoms with van der Waals surface area (Å²) in [5.41, 5.74) is 9.96. The van der Waals surface area contributed by atoms with Gasteiger partial charge in [0, 0.05) is 0 Å². The Morgan fingerprint density at radius 1 is 0.174 bits per heavy atom. The predicted octanol–water partition coefficient (Wildman–Crippen LogP) is 13.0. The highest BCUT2D eigenvalue weighted by atomic mass is 14.2. The molecule has 0 radical (unpaired) electrons. The SMILES string of the molecule is c1ccc2c(-c3ccc(-c4ccc(-c5ccc(-c6cccc7c6ccc6ccccc67)cc5)c5ccccc45)cc3)cccc2c1. The third-order valence-corrected chi connectivity index (χ3v) is 9.51. The van der Waals surface area contributed by atoms with Crippen LogP contribution in [0.1, 0.15) is 0 Å². The van der Waals surface area contributed by atoms with Crippen molar-refractivity contribution in [3.63, 3.8) is 0 Å². The second-order valence-corrected chi connectivity index (χ2v) is 12.1. The van der Waals surface area contributed by atoms with Gasteiger partial charge in [-0.25, -0.2) is 0 Å². The minimum atomic E-state index is 1.23. The average molecular weight is 583 g/mol. The van der Waals surface area contributed by atoms with E-state index in [0.29, 0.717) is 0 Å². The zero-order valence-corrected chi connectivity index (χ0v) is 25.3. The molecule has 0 aromatic heterocycles. The fraction of sp³-hybridized carbons (Fsp3) is 0. The molecule has 0 heteroatoms. The van der Waals surface area contributed by atoms with Crippen molar-refractivity contribution in [1.29, 1.82) is 0 Å². The normalized spacial score (nSPS) is 11.5. The van der Waals surface area contributed by atoms with Gasteiger partial charge >= 0.3 is 0 Å². The summed E-state index contributed by atoms with van der Waals surface area (Å²) in [6.45, 7) is 0. The maximum Gasteiger partial charge on any atom is -0.00990 e. The van der Waals surface area contributed by atoms with Crippen molar-refractivity contribution in [2.75, 3.05) is 0 Å². The van der Waals surface area contributed by atoms with Crippen LogP contribution in [-0.4, -0.2) is 0 Å². The fourth-order valence-electron chi connectivity index (χ4n) is 7.23. The van der Waals surface area contributed by atoms with E-state index in [-0.39, 0.29) is 0 Å². The van der Waals surface area contributed by atoms with E-state index in [1.807, 2.05) is 0 Å². The summed E-state index contributed by atoms with van der Waals surface area (Å²) in [5, 5.41) is 10.2. The first-order chi connectivity index (χ1) is 22.8. The molecule has 214 valence electrons. The molecular weight excluding hydrogens is 553 g/mol. The van der Waals surface area contributed by atoms with E-state index in [4.69, 9.17) is 0 Å². The Labute approximate surface area is 268 Å². The van der Waals surface area contributed by atoms with Crippen molar-refractivity contribution in [3.8, 4) is 44.5 Å². The lowest BCUT2D eigenvalue weighted by Gasteiger charge is -2.14. The van der Waals surface area contributed by atoms with Gasteiger partial charge in [0.25, 0.3) is 0 Å². The largest absolute Gasteiger partial charge is 0.0616 e. The van der Waals surface area contributed by atoms with E-state index in [9.17, 15) is 0 Å². The monoisotopic (exact) mass is 582 g/mol. The summed E-state index contributed by atoms with van der Waals surface area (Å²) in [4.78, 5) is 0. The van der Waals surface area contributed by atoms with Gasteiger partial charge in [0.15, 0.2) is 0 Å². The van der Waals surface area contributed by atoms with Gasteiger partial charge in [0.1, 0.15) is 0 Å². The van der Waals surface area contributed by atoms with Gasteiger partial charge in [-0.3, -0.25) is 0 Å². The lowest BCUT2D eigenvalue weighted by molar-refractivity contribution is 1.61.